The Morgan fingerprint density at radius 3 is 2.39 bits per heavy atom. The Hall–Kier alpha value is -1.89. The maximum atomic E-state index is 13.1. The van der Waals surface area contributed by atoms with Gasteiger partial charge >= 0.3 is 0 Å². The number of sulfone groups is 1. The van der Waals surface area contributed by atoms with Crippen LogP contribution in [0.5, 0.6) is 0 Å². The number of benzene rings is 2. The van der Waals surface area contributed by atoms with E-state index in [0.717, 1.165) is 25.2 Å². The van der Waals surface area contributed by atoms with Crippen molar-refractivity contribution < 1.29 is 13.2 Å². The summed E-state index contributed by atoms with van der Waals surface area (Å²) in [6.45, 7) is 2.68. The van der Waals surface area contributed by atoms with Crippen molar-refractivity contribution in [1.29, 1.82) is 0 Å². The highest BCUT2D eigenvalue weighted by Gasteiger charge is 2.46. The van der Waals surface area contributed by atoms with Gasteiger partial charge in [0, 0.05) is 31.8 Å². The van der Waals surface area contributed by atoms with Gasteiger partial charge in [0.25, 0.3) is 0 Å². The number of fused-ring (bicyclic) bond motifs is 1. The maximum Gasteiger partial charge on any atom is 0.227 e. The highest BCUT2D eigenvalue weighted by Crippen LogP contribution is 2.42. The Morgan fingerprint density at radius 1 is 1.07 bits per heavy atom. The van der Waals surface area contributed by atoms with Gasteiger partial charge in [-0.3, -0.25) is 4.79 Å². The van der Waals surface area contributed by atoms with Crippen LogP contribution in [-0.2, 0) is 21.1 Å². The molecule has 5 nitrogen and oxygen atoms in total. The quantitative estimate of drug-likeness (QED) is 0.825. The Balaban J connectivity index is 0.00000225. The van der Waals surface area contributed by atoms with Gasteiger partial charge in [-0.2, -0.15) is 0 Å². The van der Waals surface area contributed by atoms with Crippen LogP contribution in [0.1, 0.15) is 17.2 Å². The molecule has 2 aliphatic heterocycles. The summed E-state index contributed by atoms with van der Waals surface area (Å²) in [6.07, 6.45) is 1.48. The highest BCUT2D eigenvalue weighted by molar-refractivity contribution is 7.90. The van der Waals surface area contributed by atoms with Gasteiger partial charge in [-0.1, -0.05) is 42.5 Å². The molecule has 2 aromatic rings. The minimum atomic E-state index is -3.22. The summed E-state index contributed by atoms with van der Waals surface area (Å²) in [7, 11) is -3.22. The fraction of sp³-hybridized carbons (Fsp3) is 0.381. The van der Waals surface area contributed by atoms with Gasteiger partial charge in [0.1, 0.15) is 0 Å². The van der Waals surface area contributed by atoms with Crippen molar-refractivity contribution in [3.8, 4) is 0 Å². The maximum absolute atomic E-state index is 13.1. The third-order valence-electron chi connectivity index (χ3n) is 5.73. The zero-order valence-corrected chi connectivity index (χ0v) is 17.4. The summed E-state index contributed by atoms with van der Waals surface area (Å²) >= 11 is 0. The SMILES string of the molecule is CS(=O)(=O)c1ccc(CC(=O)N2C[C@@H]3CNC[C@@H]3[C@@H]2c2ccccc2)cc1.Cl. The fourth-order valence-corrected chi connectivity index (χ4v) is 5.02. The first-order chi connectivity index (χ1) is 12.9. The van der Waals surface area contributed by atoms with E-state index in [0.29, 0.717) is 18.3 Å². The summed E-state index contributed by atoms with van der Waals surface area (Å²) in [5.74, 6) is 1.04. The summed E-state index contributed by atoms with van der Waals surface area (Å²) < 4.78 is 23.2. The molecule has 28 heavy (non-hydrogen) atoms. The number of carbonyl (C=O) groups excluding carboxylic acids is 1. The average Bonchev–Trinajstić information content (AvgIpc) is 3.23. The van der Waals surface area contributed by atoms with Crippen molar-refractivity contribution >= 4 is 28.2 Å². The van der Waals surface area contributed by atoms with Crippen LogP contribution < -0.4 is 5.32 Å². The Bertz CT molecular complexity index is 932. The van der Waals surface area contributed by atoms with Crippen molar-refractivity contribution in [2.75, 3.05) is 25.9 Å². The lowest BCUT2D eigenvalue weighted by Gasteiger charge is -2.28. The second-order valence-corrected chi connectivity index (χ2v) is 9.59. The molecular weight excluding hydrogens is 396 g/mol. The lowest BCUT2D eigenvalue weighted by Crippen LogP contribution is -2.35. The van der Waals surface area contributed by atoms with Crippen LogP contribution in [0.25, 0.3) is 0 Å². The highest BCUT2D eigenvalue weighted by atomic mass is 35.5. The largest absolute Gasteiger partial charge is 0.335 e. The number of carbonyl (C=O) groups is 1. The molecule has 2 aliphatic rings. The minimum absolute atomic E-state index is 0. The van der Waals surface area contributed by atoms with E-state index in [2.05, 4.69) is 17.4 Å². The molecule has 2 fully saturated rings. The van der Waals surface area contributed by atoms with E-state index in [9.17, 15) is 13.2 Å². The molecule has 150 valence electrons. The molecule has 1 N–H and O–H groups in total. The molecule has 2 heterocycles. The molecule has 2 aromatic carbocycles. The van der Waals surface area contributed by atoms with Gasteiger partial charge in [-0.25, -0.2) is 8.42 Å². The number of nitrogens with zero attached hydrogens (tertiary/aromatic N) is 1. The zero-order valence-electron chi connectivity index (χ0n) is 15.7. The topological polar surface area (TPSA) is 66.5 Å². The van der Waals surface area contributed by atoms with E-state index in [1.54, 1.807) is 24.3 Å². The Morgan fingerprint density at radius 2 is 1.75 bits per heavy atom. The number of likely N-dealkylation sites (tertiary alicyclic amines) is 1. The molecule has 0 spiro atoms. The third kappa shape index (κ3) is 4.09. The average molecular weight is 421 g/mol. The lowest BCUT2D eigenvalue weighted by molar-refractivity contribution is -0.131. The molecule has 0 bridgehead atoms. The number of rotatable bonds is 4. The Labute approximate surface area is 172 Å². The number of nitrogens with one attached hydrogen (secondary N) is 1. The van der Waals surface area contributed by atoms with E-state index in [1.165, 1.54) is 11.8 Å². The predicted octanol–water partition coefficient (Wildman–Crippen LogP) is 2.47. The molecule has 2 saturated heterocycles. The standard InChI is InChI=1S/C21H24N2O3S.ClH/c1-27(25,26)18-9-7-15(8-10-18)11-20(24)23-14-17-12-22-13-19(17)21(23)16-5-3-2-4-6-16;/h2-10,17,19,21-22H,11-14H2,1H3;1H/t17-,19-,21-;/m0./s1. The number of hydrogen-bond donors (Lipinski definition) is 1. The Kier molecular flexibility index (Phi) is 6.12. The monoisotopic (exact) mass is 420 g/mol. The molecule has 7 heteroatoms. The summed E-state index contributed by atoms with van der Waals surface area (Å²) in [4.78, 5) is 15.4. The molecule has 0 unspecified atom stereocenters. The predicted molar refractivity (Wildman–Crippen MR) is 111 cm³/mol. The van der Waals surface area contributed by atoms with Crippen LogP contribution in [0.2, 0.25) is 0 Å². The number of hydrogen-bond acceptors (Lipinski definition) is 4. The van der Waals surface area contributed by atoms with Crippen molar-refractivity contribution in [1.82, 2.24) is 10.2 Å². The molecule has 0 radical (unpaired) electrons. The van der Waals surface area contributed by atoms with E-state index in [-0.39, 0.29) is 29.3 Å². The molecule has 0 aromatic heterocycles. The normalized spacial score (nSPS) is 23.9. The number of halogens is 1. The number of amides is 1. The molecule has 0 aliphatic carbocycles. The van der Waals surface area contributed by atoms with Crippen LogP contribution in [0.3, 0.4) is 0 Å². The smallest absolute Gasteiger partial charge is 0.227 e. The van der Waals surface area contributed by atoms with E-state index < -0.39 is 9.84 Å². The minimum Gasteiger partial charge on any atom is -0.335 e. The van der Waals surface area contributed by atoms with Crippen LogP contribution >= 0.6 is 12.4 Å². The second-order valence-electron chi connectivity index (χ2n) is 7.58. The molecule has 3 atom stereocenters. The third-order valence-corrected chi connectivity index (χ3v) is 6.86. The van der Waals surface area contributed by atoms with Gasteiger partial charge in [0.05, 0.1) is 17.4 Å². The molecular formula is C21H25ClN2O3S. The van der Waals surface area contributed by atoms with Crippen molar-refractivity contribution in [2.24, 2.45) is 11.8 Å². The van der Waals surface area contributed by atoms with Crippen LogP contribution in [0.15, 0.2) is 59.5 Å². The van der Waals surface area contributed by atoms with Gasteiger partial charge < -0.3 is 10.2 Å². The van der Waals surface area contributed by atoms with Crippen LogP contribution in [0, 0.1) is 11.8 Å². The van der Waals surface area contributed by atoms with Gasteiger partial charge in [-0.15, -0.1) is 12.4 Å². The van der Waals surface area contributed by atoms with E-state index in [1.807, 2.05) is 23.1 Å². The van der Waals surface area contributed by atoms with Gasteiger partial charge in [0.2, 0.25) is 5.91 Å². The first-order valence-corrected chi connectivity index (χ1v) is 11.2. The van der Waals surface area contributed by atoms with E-state index in [4.69, 9.17) is 0 Å². The molecule has 0 saturated carbocycles. The summed E-state index contributed by atoms with van der Waals surface area (Å²) in [6, 6.07) is 17.0. The summed E-state index contributed by atoms with van der Waals surface area (Å²) in [5.41, 5.74) is 2.03. The summed E-state index contributed by atoms with van der Waals surface area (Å²) in [5, 5.41) is 3.46. The zero-order chi connectivity index (χ0) is 19.0. The van der Waals surface area contributed by atoms with Crippen LogP contribution in [0.4, 0.5) is 0 Å². The lowest BCUT2D eigenvalue weighted by atomic mass is 9.89. The first-order valence-electron chi connectivity index (χ1n) is 9.27. The molecule has 1 amide bonds. The van der Waals surface area contributed by atoms with E-state index >= 15 is 0 Å². The van der Waals surface area contributed by atoms with Gasteiger partial charge in [-0.05, 0) is 29.2 Å². The van der Waals surface area contributed by atoms with Gasteiger partial charge in [0.15, 0.2) is 9.84 Å². The van der Waals surface area contributed by atoms with Crippen molar-refractivity contribution in [3.63, 3.8) is 0 Å². The molecule has 4 rings (SSSR count). The van der Waals surface area contributed by atoms with Crippen LogP contribution in [-0.4, -0.2) is 45.1 Å². The first kappa shape index (κ1) is 20.8. The fourth-order valence-electron chi connectivity index (χ4n) is 4.39. The van der Waals surface area contributed by atoms with Crippen molar-refractivity contribution in [2.45, 2.75) is 17.4 Å². The second kappa shape index (κ2) is 8.23. The van der Waals surface area contributed by atoms with Crippen molar-refractivity contribution in [3.05, 3.63) is 65.7 Å².